The molecule has 1 fully saturated rings. The standard InChI is InChI=1S/C14H21N3O2/c1-9-7-12(13(14(15)18)10(2)17-9)19-6-4-11-3-5-16-8-11/h7,11,16H,3-6,8H2,1-2H3,(H2,15,18). The van der Waals surface area contributed by atoms with Crippen LogP contribution in [0.1, 0.15) is 34.6 Å². The maximum absolute atomic E-state index is 11.5. The van der Waals surface area contributed by atoms with E-state index in [1.165, 1.54) is 6.42 Å². The van der Waals surface area contributed by atoms with Crippen molar-refractivity contribution in [3.8, 4) is 5.75 Å². The number of aryl methyl sites for hydroxylation is 2. The lowest BCUT2D eigenvalue weighted by molar-refractivity contribution is 0.0995. The predicted octanol–water partition coefficient (Wildman–Crippen LogP) is 1.18. The molecule has 0 saturated carbocycles. The van der Waals surface area contributed by atoms with Crippen LogP contribution >= 0.6 is 0 Å². The minimum Gasteiger partial charge on any atom is -0.493 e. The second-order valence-electron chi connectivity index (χ2n) is 5.08. The van der Waals surface area contributed by atoms with E-state index in [9.17, 15) is 4.79 Å². The summed E-state index contributed by atoms with van der Waals surface area (Å²) in [7, 11) is 0. The summed E-state index contributed by atoms with van der Waals surface area (Å²) in [4.78, 5) is 15.7. The summed E-state index contributed by atoms with van der Waals surface area (Å²) < 4.78 is 5.75. The van der Waals surface area contributed by atoms with Crippen LogP contribution in [0.25, 0.3) is 0 Å². The zero-order valence-corrected chi connectivity index (χ0v) is 11.5. The molecule has 1 atom stereocenters. The number of nitrogens with two attached hydrogens (primary N) is 1. The number of hydrogen-bond donors (Lipinski definition) is 2. The first-order valence-electron chi connectivity index (χ1n) is 6.69. The highest BCUT2D eigenvalue weighted by molar-refractivity contribution is 5.96. The molecule has 2 heterocycles. The lowest BCUT2D eigenvalue weighted by atomic mass is 10.1. The highest BCUT2D eigenvalue weighted by Gasteiger charge is 2.17. The molecule has 1 saturated heterocycles. The van der Waals surface area contributed by atoms with Crippen molar-refractivity contribution < 1.29 is 9.53 Å². The normalized spacial score (nSPS) is 18.5. The van der Waals surface area contributed by atoms with Crippen molar-refractivity contribution in [2.45, 2.75) is 26.7 Å². The molecule has 1 aliphatic rings. The first kappa shape index (κ1) is 13.8. The van der Waals surface area contributed by atoms with Gasteiger partial charge in [0.1, 0.15) is 11.3 Å². The Bertz CT molecular complexity index is 468. The average Bonchev–Trinajstić information content (AvgIpc) is 2.80. The van der Waals surface area contributed by atoms with Crippen LogP contribution < -0.4 is 15.8 Å². The maximum atomic E-state index is 11.5. The molecule has 5 nitrogen and oxygen atoms in total. The number of ether oxygens (including phenoxy) is 1. The van der Waals surface area contributed by atoms with Crippen LogP contribution in [0.5, 0.6) is 5.75 Å². The average molecular weight is 263 g/mol. The topological polar surface area (TPSA) is 77.2 Å². The number of nitrogens with one attached hydrogen (secondary N) is 1. The van der Waals surface area contributed by atoms with Crippen molar-refractivity contribution in [3.63, 3.8) is 0 Å². The first-order chi connectivity index (χ1) is 9.08. The summed E-state index contributed by atoms with van der Waals surface area (Å²) in [6.07, 6.45) is 2.19. The van der Waals surface area contributed by atoms with Crippen molar-refractivity contribution >= 4 is 5.91 Å². The van der Waals surface area contributed by atoms with Crippen molar-refractivity contribution in [2.24, 2.45) is 11.7 Å². The molecule has 104 valence electrons. The van der Waals surface area contributed by atoms with Crippen LogP contribution in [-0.4, -0.2) is 30.6 Å². The van der Waals surface area contributed by atoms with E-state index in [2.05, 4.69) is 10.3 Å². The molecule has 2 rings (SSSR count). The summed E-state index contributed by atoms with van der Waals surface area (Å²) >= 11 is 0. The lowest BCUT2D eigenvalue weighted by Crippen LogP contribution is -2.17. The molecule has 1 unspecified atom stereocenters. The summed E-state index contributed by atoms with van der Waals surface area (Å²) in [5, 5.41) is 3.33. The van der Waals surface area contributed by atoms with E-state index in [0.717, 1.165) is 25.2 Å². The molecule has 0 aromatic carbocycles. The highest BCUT2D eigenvalue weighted by atomic mass is 16.5. The van der Waals surface area contributed by atoms with Crippen molar-refractivity contribution in [2.75, 3.05) is 19.7 Å². The van der Waals surface area contributed by atoms with Crippen LogP contribution in [0.4, 0.5) is 0 Å². The number of pyridine rings is 1. The van der Waals surface area contributed by atoms with Gasteiger partial charge in [-0.2, -0.15) is 0 Å². The van der Waals surface area contributed by atoms with E-state index < -0.39 is 5.91 Å². The van der Waals surface area contributed by atoms with Crippen molar-refractivity contribution in [3.05, 3.63) is 23.0 Å². The molecule has 0 spiro atoms. The first-order valence-corrected chi connectivity index (χ1v) is 6.69. The monoisotopic (exact) mass is 263 g/mol. The minimum atomic E-state index is -0.484. The second kappa shape index (κ2) is 6.02. The molecule has 1 aromatic rings. The zero-order chi connectivity index (χ0) is 13.8. The van der Waals surface area contributed by atoms with E-state index >= 15 is 0 Å². The summed E-state index contributed by atoms with van der Waals surface area (Å²) in [5.74, 6) is 0.743. The Morgan fingerprint density at radius 2 is 2.37 bits per heavy atom. The maximum Gasteiger partial charge on any atom is 0.254 e. The van der Waals surface area contributed by atoms with Gasteiger partial charge in [-0.05, 0) is 45.7 Å². The largest absolute Gasteiger partial charge is 0.493 e. The predicted molar refractivity (Wildman–Crippen MR) is 73.3 cm³/mol. The molecule has 0 radical (unpaired) electrons. The highest BCUT2D eigenvalue weighted by Crippen LogP contribution is 2.22. The van der Waals surface area contributed by atoms with Crippen LogP contribution in [0.2, 0.25) is 0 Å². The van der Waals surface area contributed by atoms with Gasteiger partial charge in [0.2, 0.25) is 0 Å². The Kier molecular flexibility index (Phi) is 4.37. The van der Waals surface area contributed by atoms with Gasteiger partial charge in [-0.15, -0.1) is 0 Å². The Morgan fingerprint density at radius 3 is 3.00 bits per heavy atom. The molecular weight excluding hydrogens is 242 g/mol. The van der Waals surface area contributed by atoms with Gasteiger partial charge >= 0.3 is 0 Å². The van der Waals surface area contributed by atoms with Crippen LogP contribution in [0.15, 0.2) is 6.07 Å². The third kappa shape index (κ3) is 3.44. The van der Waals surface area contributed by atoms with E-state index in [1.807, 2.05) is 6.92 Å². The number of amides is 1. The van der Waals surface area contributed by atoms with Gasteiger partial charge < -0.3 is 15.8 Å². The van der Waals surface area contributed by atoms with E-state index in [-0.39, 0.29) is 0 Å². The molecule has 1 aromatic heterocycles. The van der Waals surface area contributed by atoms with E-state index in [0.29, 0.717) is 29.5 Å². The molecule has 1 aliphatic heterocycles. The fraction of sp³-hybridized carbons (Fsp3) is 0.571. The van der Waals surface area contributed by atoms with Gasteiger partial charge in [0.15, 0.2) is 0 Å². The molecule has 1 amide bonds. The van der Waals surface area contributed by atoms with Crippen LogP contribution in [0, 0.1) is 19.8 Å². The van der Waals surface area contributed by atoms with E-state index in [4.69, 9.17) is 10.5 Å². The fourth-order valence-electron chi connectivity index (χ4n) is 2.50. The van der Waals surface area contributed by atoms with Gasteiger partial charge in [-0.1, -0.05) is 0 Å². The van der Waals surface area contributed by atoms with Gasteiger partial charge in [0.25, 0.3) is 5.91 Å². The smallest absolute Gasteiger partial charge is 0.254 e. The fourth-order valence-corrected chi connectivity index (χ4v) is 2.50. The number of carbonyl (C=O) groups excluding carboxylic acids is 1. The summed E-state index contributed by atoms with van der Waals surface area (Å²) in [6, 6.07) is 1.78. The van der Waals surface area contributed by atoms with Gasteiger partial charge in [0, 0.05) is 11.8 Å². The number of hydrogen-bond acceptors (Lipinski definition) is 4. The molecule has 5 heteroatoms. The Labute approximate surface area is 113 Å². The minimum absolute atomic E-state index is 0.398. The Hall–Kier alpha value is -1.62. The number of primary amides is 1. The Morgan fingerprint density at radius 1 is 1.58 bits per heavy atom. The number of nitrogens with zero attached hydrogens (tertiary/aromatic N) is 1. The second-order valence-corrected chi connectivity index (χ2v) is 5.08. The molecular formula is C14H21N3O2. The summed E-state index contributed by atoms with van der Waals surface area (Å²) in [6.45, 7) is 6.41. The number of aromatic nitrogens is 1. The van der Waals surface area contributed by atoms with Crippen LogP contribution in [0.3, 0.4) is 0 Å². The summed E-state index contributed by atoms with van der Waals surface area (Å²) in [5.41, 5.74) is 7.25. The number of carbonyl (C=O) groups is 1. The molecule has 3 N–H and O–H groups in total. The molecule has 19 heavy (non-hydrogen) atoms. The molecule has 0 bridgehead atoms. The third-order valence-corrected chi connectivity index (χ3v) is 3.48. The van der Waals surface area contributed by atoms with Gasteiger partial charge in [0.05, 0.1) is 12.3 Å². The van der Waals surface area contributed by atoms with Crippen LogP contribution in [-0.2, 0) is 0 Å². The lowest BCUT2D eigenvalue weighted by Gasteiger charge is -2.14. The quantitative estimate of drug-likeness (QED) is 0.836. The third-order valence-electron chi connectivity index (χ3n) is 3.48. The van der Waals surface area contributed by atoms with Crippen molar-refractivity contribution in [1.29, 1.82) is 0 Å². The SMILES string of the molecule is Cc1cc(OCCC2CCNC2)c(C(N)=O)c(C)n1. The Balaban J connectivity index is 2.03. The van der Waals surface area contributed by atoms with Gasteiger partial charge in [-0.3, -0.25) is 9.78 Å². The van der Waals surface area contributed by atoms with Crippen molar-refractivity contribution in [1.82, 2.24) is 10.3 Å². The number of rotatable bonds is 5. The zero-order valence-electron chi connectivity index (χ0n) is 11.5. The van der Waals surface area contributed by atoms with Gasteiger partial charge in [-0.25, -0.2) is 0 Å². The van der Waals surface area contributed by atoms with E-state index in [1.54, 1.807) is 13.0 Å². The molecule has 0 aliphatic carbocycles.